The third-order valence-corrected chi connectivity index (χ3v) is 1.94. The van der Waals surface area contributed by atoms with E-state index in [1.54, 1.807) is 0 Å². The van der Waals surface area contributed by atoms with Gasteiger partial charge in [0.15, 0.2) is 0 Å². The van der Waals surface area contributed by atoms with E-state index in [2.05, 4.69) is 10.3 Å². The lowest BCUT2D eigenvalue weighted by atomic mass is 10.3. The highest BCUT2D eigenvalue weighted by molar-refractivity contribution is 5.36. The Morgan fingerprint density at radius 1 is 1.38 bits per heavy atom. The van der Waals surface area contributed by atoms with Crippen molar-refractivity contribution in [3.63, 3.8) is 0 Å². The Morgan fingerprint density at radius 2 is 2.12 bits per heavy atom. The van der Waals surface area contributed by atoms with Gasteiger partial charge in [-0.25, -0.2) is 4.98 Å². The normalized spacial score (nSPS) is 12.0. The molecule has 0 aliphatic carbocycles. The first kappa shape index (κ1) is 12.5. The Labute approximate surface area is 92.2 Å². The fourth-order valence-corrected chi connectivity index (χ4v) is 1.12. The van der Waals surface area contributed by atoms with Gasteiger partial charge in [0.05, 0.1) is 5.56 Å². The fraction of sp³-hybridized carbons (Fsp3) is 0.364. The van der Waals surface area contributed by atoms with E-state index in [0.717, 1.165) is 18.7 Å². The maximum absolute atomic E-state index is 12.2. The van der Waals surface area contributed by atoms with E-state index >= 15 is 0 Å². The molecular formula is C11H13F3N2. The van der Waals surface area contributed by atoms with Gasteiger partial charge in [-0.1, -0.05) is 12.2 Å². The second kappa shape index (κ2) is 5.53. The van der Waals surface area contributed by atoms with E-state index in [-0.39, 0.29) is 0 Å². The molecule has 0 spiro atoms. The summed E-state index contributed by atoms with van der Waals surface area (Å²) in [7, 11) is 0. The van der Waals surface area contributed by atoms with Crippen molar-refractivity contribution in [3.8, 4) is 0 Å². The number of hydrogen-bond donors (Lipinski definition) is 1. The van der Waals surface area contributed by atoms with Crippen LogP contribution in [0.2, 0.25) is 0 Å². The molecule has 16 heavy (non-hydrogen) atoms. The number of aromatic nitrogens is 1. The maximum atomic E-state index is 12.2. The van der Waals surface area contributed by atoms with E-state index in [4.69, 9.17) is 0 Å². The average Bonchev–Trinajstić information content (AvgIpc) is 2.24. The van der Waals surface area contributed by atoms with Crippen LogP contribution in [0, 0.1) is 0 Å². The molecule has 0 bridgehead atoms. The van der Waals surface area contributed by atoms with Gasteiger partial charge in [-0.3, -0.25) is 0 Å². The fourth-order valence-electron chi connectivity index (χ4n) is 1.12. The molecule has 0 fully saturated rings. The minimum absolute atomic E-state index is 0.456. The Hall–Kier alpha value is -1.52. The summed E-state index contributed by atoms with van der Waals surface area (Å²) in [6.45, 7) is 2.57. The van der Waals surface area contributed by atoms with Gasteiger partial charge in [-0.05, 0) is 25.5 Å². The molecule has 2 nitrogen and oxygen atoms in total. The van der Waals surface area contributed by atoms with Crippen LogP contribution in [0.25, 0.3) is 0 Å². The minimum atomic E-state index is -4.32. The number of halogens is 3. The molecule has 1 heterocycles. The third kappa shape index (κ3) is 3.92. The van der Waals surface area contributed by atoms with Gasteiger partial charge < -0.3 is 5.32 Å². The SMILES string of the molecule is C/C=C/CCNc1ccc(C(F)(F)F)cn1. The average molecular weight is 230 g/mol. The quantitative estimate of drug-likeness (QED) is 0.632. The molecule has 1 N–H and O–H groups in total. The van der Waals surface area contributed by atoms with Crippen molar-refractivity contribution in [2.45, 2.75) is 19.5 Å². The van der Waals surface area contributed by atoms with Crippen molar-refractivity contribution in [3.05, 3.63) is 36.0 Å². The minimum Gasteiger partial charge on any atom is -0.370 e. The number of rotatable bonds is 4. The van der Waals surface area contributed by atoms with Crippen LogP contribution in [0.1, 0.15) is 18.9 Å². The molecule has 5 heteroatoms. The van der Waals surface area contributed by atoms with Crippen molar-refractivity contribution in [2.75, 3.05) is 11.9 Å². The predicted molar refractivity (Wildman–Crippen MR) is 57.2 cm³/mol. The molecule has 0 unspecified atom stereocenters. The first-order valence-electron chi connectivity index (χ1n) is 4.92. The monoisotopic (exact) mass is 230 g/mol. The Bertz CT molecular complexity index is 341. The van der Waals surface area contributed by atoms with Crippen LogP contribution in [0.5, 0.6) is 0 Å². The molecule has 1 aromatic heterocycles. The van der Waals surface area contributed by atoms with Gasteiger partial charge in [0, 0.05) is 12.7 Å². The molecule has 1 rings (SSSR count). The molecule has 88 valence electrons. The molecule has 0 radical (unpaired) electrons. The maximum Gasteiger partial charge on any atom is 0.417 e. The van der Waals surface area contributed by atoms with Crippen LogP contribution in [0.3, 0.4) is 0 Å². The second-order valence-electron chi connectivity index (χ2n) is 3.21. The zero-order valence-corrected chi connectivity index (χ0v) is 8.88. The smallest absolute Gasteiger partial charge is 0.370 e. The number of nitrogens with zero attached hydrogens (tertiary/aromatic N) is 1. The standard InChI is InChI=1S/C11H13F3N2/c1-2-3-4-7-15-10-6-5-9(8-16-10)11(12,13)14/h2-3,5-6,8H,4,7H2,1H3,(H,15,16)/b3-2+. The summed E-state index contributed by atoms with van der Waals surface area (Å²) >= 11 is 0. The molecule has 0 aliphatic rings. The summed E-state index contributed by atoms with van der Waals surface area (Å²) in [4.78, 5) is 3.69. The highest BCUT2D eigenvalue weighted by Gasteiger charge is 2.30. The first-order chi connectivity index (χ1) is 7.54. The lowest BCUT2D eigenvalue weighted by Crippen LogP contribution is -2.07. The molecule has 0 aliphatic heterocycles. The van der Waals surface area contributed by atoms with Crippen molar-refractivity contribution in [1.82, 2.24) is 4.98 Å². The van der Waals surface area contributed by atoms with Gasteiger partial charge in [0.2, 0.25) is 0 Å². The van der Waals surface area contributed by atoms with Gasteiger partial charge in [-0.15, -0.1) is 0 Å². The lowest BCUT2D eigenvalue weighted by Gasteiger charge is -2.07. The molecule has 1 aromatic rings. The second-order valence-corrected chi connectivity index (χ2v) is 3.21. The molecule has 0 saturated heterocycles. The highest BCUT2D eigenvalue weighted by atomic mass is 19.4. The molecular weight excluding hydrogens is 217 g/mol. The Balaban J connectivity index is 2.52. The topological polar surface area (TPSA) is 24.9 Å². The van der Waals surface area contributed by atoms with E-state index in [9.17, 15) is 13.2 Å². The first-order valence-corrected chi connectivity index (χ1v) is 4.92. The largest absolute Gasteiger partial charge is 0.417 e. The highest BCUT2D eigenvalue weighted by Crippen LogP contribution is 2.28. The van der Waals surface area contributed by atoms with E-state index in [1.165, 1.54) is 6.07 Å². The van der Waals surface area contributed by atoms with Gasteiger partial charge in [0.25, 0.3) is 0 Å². The van der Waals surface area contributed by atoms with Gasteiger partial charge in [-0.2, -0.15) is 13.2 Å². The number of alkyl halides is 3. The number of pyridine rings is 1. The molecule has 0 atom stereocenters. The molecule has 0 amide bonds. The number of anilines is 1. The van der Waals surface area contributed by atoms with Crippen molar-refractivity contribution in [1.29, 1.82) is 0 Å². The van der Waals surface area contributed by atoms with Crippen LogP contribution >= 0.6 is 0 Å². The Morgan fingerprint density at radius 3 is 2.62 bits per heavy atom. The predicted octanol–water partition coefficient (Wildman–Crippen LogP) is 3.48. The lowest BCUT2D eigenvalue weighted by molar-refractivity contribution is -0.137. The summed E-state index contributed by atoms with van der Waals surface area (Å²) in [5.74, 6) is 0.456. The Kier molecular flexibility index (Phi) is 4.34. The van der Waals surface area contributed by atoms with Crippen LogP contribution < -0.4 is 5.32 Å². The van der Waals surface area contributed by atoms with Crippen LogP contribution in [-0.2, 0) is 6.18 Å². The number of nitrogens with one attached hydrogen (secondary N) is 1. The van der Waals surface area contributed by atoms with E-state index < -0.39 is 11.7 Å². The molecule has 0 aromatic carbocycles. The summed E-state index contributed by atoms with van der Waals surface area (Å²) in [5, 5.41) is 2.93. The summed E-state index contributed by atoms with van der Waals surface area (Å²) in [6.07, 6.45) is 1.21. The van der Waals surface area contributed by atoms with E-state index in [1.807, 2.05) is 19.1 Å². The van der Waals surface area contributed by atoms with Crippen molar-refractivity contribution >= 4 is 5.82 Å². The summed E-state index contributed by atoms with van der Waals surface area (Å²) in [6, 6.07) is 2.35. The summed E-state index contributed by atoms with van der Waals surface area (Å²) in [5.41, 5.74) is -0.730. The van der Waals surface area contributed by atoms with Crippen molar-refractivity contribution in [2.24, 2.45) is 0 Å². The third-order valence-electron chi connectivity index (χ3n) is 1.94. The van der Waals surface area contributed by atoms with Crippen LogP contribution in [0.4, 0.5) is 19.0 Å². The summed E-state index contributed by atoms with van der Waals surface area (Å²) < 4.78 is 36.6. The zero-order valence-electron chi connectivity index (χ0n) is 8.88. The zero-order chi connectivity index (χ0) is 12.0. The van der Waals surface area contributed by atoms with Gasteiger partial charge >= 0.3 is 6.18 Å². The van der Waals surface area contributed by atoms with E-state index in [0.29, 0.717) is 12.4 Å². The number of hydrogen-bond acceptors (Lipinski definition) is 2. The number of allylic oxidation sites excluding steroid dienone is 1. The van der Waals surface area contributed by atoms with Crippen molar-refractivity contribution < 1.29 is 13.2 Å². The van der Waals surface area contributed by atoms with Crippen LogP contribution in [-0.4, -0.2) is 11.5 Å². The van der Waals surface area contributed by atoms with Gasteiger partial charge in [0.1, 0.15) is 5.82 Å². The van der Waals surface area contributed by atoms with Crippen LogP contribution in [0.15, 0.2) is 30.5 Å². The molecule has 0 saturated carbocycles.